The van der Waals surface area contributed by atoms with E-state index in [4.69, 9.17) is 19.6 Å². The van der Waals surface area contributed by atoms with Gasteiger partial charge in [0.15, 0.2) is 0 Å². The number of ether oxygens (including phenoxy) is 2. The molecule has 0 aliphatic carbocycles. The van der Waals surface area contributed by atoms with Crippen LogP contribution in [0.3, 0.4) is 0 Å². The van der Waals surface area contributed by atoms with Gasteiger partial charge in [-0.2, -0.15) is 5.10 Å². The van der Waals surface area contributed by atoms with Crippen LogP contribution in [0.5, 0.6) is 5.75 Å². The van der Waals surface area contributed by atoms with E-state index >= 15 is 4.39 Å². The summed E-state index contributed by atoms with van der Waals surface area (Å²) in [7, 11) is 3.28. The highest BCUT2D eigenvalue weighted by atomic mass is 32.1. The first-order chi connectivity index (χ1) is 21.2. The number of halogens is 2. The van der Waals surface area contributed by atoms with Crippen molar-refractivity contribution in [2.45, 2.75) is 26.1 Å². The number of fused-ring (bicyclic) bond motifs is 2. The lowest BCUT2D eigenvalue weighted by Crippen LogP contribution is -2.48. The van der Waals surface area contributed by atoms with Crippen LogP contribution in [0.25, 0.3) is 32.6 Å². The molecule has 0 spiro atoms. The number of hydrogen-bond donors (Lipinski definition) is 0. The first kappa shape index (κ1) is 29.7. The third-order valence-corrected chi connectivity index (χ3v) is 8.96. The Bertz CT molecular complexity index is 1770. The van der Waals surface area contributed by atoms with E-state index in [0.717, 1.165) is 23.2 Å². The number of benzene rings is 1. The zero-order chi connectivity index (χ0) is 31.1. The van der Waals surface area contributed by atoms with Gasteiger partial charge in [0.25, 0.3) is 0 Å². The minimum absolute atomic E-state index is 0.0141. The second-order valence-corrected chi connectivity index (χ2v) is 11.8. The van der Waals surface area contributed by atoms with E-state index in [0.29, 0.717) is 53.6 Å². The van der Waals surface area contributed by atoms with E-state index in [1.807, 2.05) is 34.0 Å². The molecule has 2 amide bonds. The van der Waals surface area contributed by atoms with E-state index in [1.54, 1.807) is 16.8 Å². The van der Waals surface area contributed by atoms with Crippen molar-refractivity contribution in [2.75, 3.05) is 51.9 Å². The maximum Gasteiger partial charge on any atom is 0.246 e. The minimum atomic E-state index is -0.807. The lowest BCUT2D eigenvalue weighted by Gasteiger charge is -2.33. The second-order valence-electron chi connectivity index (χ2n) is 10.9. The Hall–Kier alpha value is -4.36. The molecule has 4 aromatic rings. The zero-order valence-electron chi connectivity index (χ0n) is 24.7. The van der Waals surface area contributed by atoms with Crippen LogP contribution in [0, 0.1) is 11.6 Å². The fourth-order valence-electron chi connectivity index (χ4n) is 5.70. The summed E-state index contributed by atoms with van der Waals surface area (Å²) in [6, 6.07) is 5.59. The van der Waals surface area contributed by atoms with Crippen molar-refractivity contribution in [2.24, 2.45) is 0 Å². The predicted molar refractivity (Wildman–Crippen MR) is 164 cm³/mol. The molecular formula is C31H32F2N6O4S. The fourth-order valence-corrected chi connectivity index (χ4v) is 6.64. The topological polar surface area (TPSA) is 93.0 Å². The van der Waals surface area contributed by atoms with Gasteiger partial charge >= 0.3 is 0 Å². The number of piperazine rings is 1. The van der Waals surface area contributed by atoms with Gasteiger partial charge in [0, 0.05) is 61.1 Å². The molecule has 1 fully saturated rings. The zero-order valence-corrected chi connectivity index (χ0v) is 25.5. The minimum Gasteiger partial charge on any atom is -0.490 e. The number of anilines is 1. The molecule has 1 saturated heterocycles. The molecule has 1 atom stereocenters. The Morgan fingerprint density at radius 3 is 2.75 bits per heavy atom. The van der Waals surface area contributed by atoms with Gasteiger partial charge in [-0.25, -0.2) is 13.8 Å². The molecule has 0 saturated carbocycles. The number of pyridine rings is 1. The standard InChI is InChI=1S/C31H32F2N6O4S/c1-5-25(40)38-16-20-14-23(35-39(20)15-18(38)2)29-28(27-22(33)12-19(32)13-24(27)43-10-9-42-4)30-21(6-11-44-30)31(34-29)37-8-7-36(3)26(41)17-37/h5-6,11-14,18H,1,7-10,15-17H2,2-4H3/t18-/m1/s1. The summed E-state index contributed by atoms with van der Waals surface area (Å²) in [6.07, 6.45) is 1.29. The summed E-state index contributed by atoms with van der Waals surface area (Å²) < 4.78 is 44.0. The van der Waals surface area contributed by atoms with Crippen LogP contribution in [-0.4, -0.2) is 89.4 Å². The SMILES string of the molecule is C=CC(=O)N1Cc2cc(-c3nc(N4CCN(C)C(=O)C4)c4ccsc4c3-c3c(F)cc(F)cc3OCCOC)nn2C[C@H]1C. The number of rotatable bonds is 8. The maximum absolute atomic E-state index is 15.9. The summed E-state index contributed by atoms with van der Waals surface area (Å²) in [6.45, 7) is 7.84. The molecule has 2 aliphatic rings. The molecule has 0 bridgehead atoms. The van der Waals surface area contributed by atoms with Crippen LogP contribution in [0.15, 0.2) is 42.3 Å². The molecule has 0 radical (unpaired) electrons. The van der Waals surface area contributed by atoms with Gasteiger partial charge in [-0.1, -0.05) is 6.58 Å². The number of carbonyl (C=O) groups is 2. The van der Waals surface area contributed by atoms with Crippen LogP contribution in [0.1, 0.15) is 12.6 Å². The monoisotopic (exact) mass is 622 g/mol. The second kappa shape index (κ2) is 12.0. The van der Waals surface area contributed by atoms with Crippen molar-refractivity contribution in [3.8, 4) is 28.3 Å². The highest BCUT2D eigenvalue weighted by molar-refractivity contribution is 7.18. The van der Waals surface area contributed by atoms with Crippen molar-refractivity contribution < 1.29 is 27.8 Å². The molecular weight excluding hydrogens is 590 g/mol. The van der Waals surface area contributed by atoms with E-state index in [1.165, 1.54) is 24.5 Å². The molecule has 230 valence electrons. The summed E-state index contributed by atoms with van der Waals surface area (Å²) in [5, 5.41) is 7.49. The summed E-state index contributed by atoms with van der Waals surface area (Å²) >= 11 is 1.39. The van der Waals surface area contributed by atoms with Gasteiger partial charge in [0.2, 0.25) is 11.8 Å². The van der Waals surface area contributed by atoms with Gasteiger partial charge in [0.05, 0.1) is 37.5 Å². The van der Waals surface area contributed by atoms with E-state index in [2.05, 4.69) is 6.58 Å². The van der Waals surface area contributed by atoms with Crippen LogP contribution >= 0.6 is 11.3 Å². The number of nitrogens with zero attached hydrogens (tertiary/aromatic N) is 6. The molecule has 44 heavy (non-hydrogen) atoms. The molecule has 0 unspecified atom stereocenters. The van der Waals surface area contributed by atoms with Crippen molar-refractivity contribution >= 4 is 39.1 Å². The van der Waals surface area contributed by atoms with Gasteiger partial charge < -0.3 is 24.2 Å². The first-order valence-corrected chi connectivity index (χ1v) is 15.1. The largest absolute Gasteiger partial charge is 0.490 e. The normalized spacial score (nSPS) is 16.9. The Morgan fingerprint density at radius 2 is 2.00 bits per heavy atom. The Morgan fingerprint density at radius 1 is 1.18 bits per heavy atom. The summed E-state index contributed by atoms with van der Waals surface area (Å²) in [5.41, 5.74) is 2.06. The number of aromatic nitrogens is 3. The van der Waals surface area contributed by atoms with Crippen LogP contribution in [0.2, 0.25) is 0 Å². The maximum atomic E-state index is 15.9. The average Bonchev–Trinajstić information content (AvgIpc) is 3.65. The molecule has 6 rings (SSSR count). The summed E-state index contributed by atoms with van der Waals surface area (Å²) in [5.74, 6) is -1.21. The lowest BCUT2D eigenvalue weighted by atomic mass is 9.98. The van der Waals surface area contributed by atoms with Gasteiger partial charge in [0.1, 0.15) is 41.2 Å². The highest BCUT2D eigenvalue weighted by Crippen LogP contribution is 2.47. The molecule has 0 N–H and O–H groups in total. The molecule has 3 aromatic heterocycles. The van der Waals surface area contributed by atoms with Crippen LogP contribution in [0.4, 0.5) is 14.6 Å². The summed E-state index contributed by atoms with van der Waals surface area (Å²) in [4.78, 5) is 35.6. The number of hydrogen-bond acceptors (Lipinski definition) is 8. The molecule has 2 aliphatic heterocycles. The average molecular weight is 623 g/mol. The smallest absolute Gasteiger partial charge is 0.246 e. The Labute approximate surface area is 257 Å². The number of carbonyl (C=O) groups excluding carboxylic acids is 2. The molecule has 13 heteroatoms. The van der Waals surface area contributed by atoms with Crippen LogP contribution in [-0.2, 0) is 27.4 Å². The number of amides is 2. The third kappa shape index (κ3) is 5.30. The Kier molecular flexibility index (Phi) is 8.08. The van der Waals surface area contributed by atoms with Gasteiger partial charge in [-0.05, 0) is 30.5 Å². The quantitative estimate of drug-likeness (QED) is 0.214. The fraction of sp³-hybridized carbons (Fsp3) is 0.355. The highest BCUT2D eigenvalue weighted by Gasteiger charge is 2.32. The lowest BCUT2D eigenvalue weighted by molar-refractivity contribution is -0.130. The number of methoxy groups -OCH3 is 1. The van der Waals surface area contributed by atoms with Gasteiger partial charge in [-0.15, -0.1) is 11.3 Å². The van der Waals surface area contributed by atoms with Crippen molar-refractivity contribution in [3.63, 3.8) is 0 Å². The number of likely N-dealkylation sites (N-methyl/N-ethyl adjacent to an activating group) is 1. The molecule has 5 heterocycles. The predicted octanol–water partition coefficient (Wildman–Crippen LogP) is 4.33. The van der Waals surface area contributed by atoms with E-state index in [-0.39, 0.29) is 48.9 Å². The van der Waals surface area contributed by atoms with Crippen molar-refractivity contribution in [3.05, 3.63) is 59.6 Å². The van der Waals surface area contributed by atoms with Gasteiger partial charge in [-0.3, -0.25) is 14.3 Å². The molecule has 1 aromatic carbocycles. The van der Waals surface area contributed by atoms with E-state index < -0.39 is 11.6 Å². The third-order valence-electron chi connectivity index (χ3n) is 8.02. The van der Waals surface area contributed by atoms with Crippen molar-refractivity contribution in [1.82, 2.24) is 24.6 Å². The number of thiophene rings is 1. The first-order valence-electron chi connectivity index (χ1n) is 14.2. The van der Waals surface area contributed by atoms with Crippen LogP contribution < -0.4 is 9.64 Å². The van der Waals surface area contributed by atoms with E-state index in [9.17, 15) is 14.0 Å². The Balaban J connectivity index is 1.58. The van der Waals surface area contributed by atoms with Crippen molar-refractivity contribution in [1.29, 1.82) is 0 Å². The molecule has 10 nitrogen and oxygen atoms in total.